The van der Waals surface area contributed by atoms with E-state index in [1.54, 1.807) is 25.1 Å². The minimum atomic E-state index is -3.69. The highest BCUT2D eigenvalue weighted by Gasteiger charge is 2.23. The van der Waals surface area contributed by atoms with Crippen LogP contribution in [0.5, 0.6) is 0 Å². The molecule has 0 aliphatic rings. The Morgan fingerprint density at radius 1 is 1.59 bits per heavy atom. The summed E-state index contributed by atoms with van der Waals surface area (Å²) in [6.45, 7) is 1.64. The van der Waals surface area contributed by atoms with Gasteiger partial charge in [-0.05, 0) is 40.5 Å². The zero-order valence-electron chi connectivity index (χ0n) is 8.94. The molecule has 0 bridgehead atoms. The molecule has 7 heteroatoms. The maximum atomic E-state index is 11.8. The molecule has 17 heavy (non-hydrogen) atoms. The lowest BCUT2D eigenvalue weighted by molar-refractivity contribution is 0.593. The van der Waals surface area contributed by atoms with Crippen LogP contribution in [-0.4, -0.2) is 13.7 Å². The molecule has 0 amide bonds. The molecular weight excluding hydrogens is 328 g/mol. The van der Waals surface area contributed by atoms with Gasteiger partial charge in [-0.3, -0.25) is 4.72 Å². The molecule has 0 saturated heterocycles. The van der Waals surface area contributed by atoms with Gasteiger partial charge in [-0.25, -0.2) is 8.42 Å². The van der Waals surface area contributed by atoms with E-state index >= 15 is 0 Å². The van der Waals surface area contributed by atoms with Gasteiger partial charge >= 0.3 is 0 Å². The van der Waals surface area contributed by atoms with Gasteiger partial charge in [0.2, 0.25) is 10.0 Å². The fraction of sp³-hybridized carbons (Fsp3) is 0.300. The molecule has 1 rings (SSSR count). The molecule has 0 aliphatic carbocycles. The Bertz CT molecular complexity index is 554. The fourth-order valence-electron chi connectivity index (χ4n) is 1.18. The van der Waals surface area contributed by atoms with E-state index in [2.05, 4.69) is 20.7 Å². The molecule has 0 saturated carbocycles. The number of nitrogens with zero attached hydrogens (tertiary/aromatic N) is 1. The molecule has 1 aromatic rings. The lowest BCUT2D eigenvalue weighted by Gasteiger charge is -2.11. The molecule has 0 radical (unpaired) electrons. The van der Waals surface area contributed by atoms with E-state index in [-0.39, 0.29) is 6.42 Å². The summed E-state index contributed by atoms with van der Waals surface area (Å²) in [5, 5.41) is 8.07. The number of rotatable bonds is 4. The molecule has 1 aromatic carbocycles. The van der Waals surface area contributed by atoms with Crippen molar-refractivity contribution in [1.82, 2.24) is 0 Å². The summed E-state index contributed by atoms with van der Waals surface area (Å²) in [4.78, 5) is 0. The molecule has 1 unspecified atom stereocenters. The molecule has 0 spiro atoms. The van der Waals surface area contributed by atoms with Crippen molar-refractivity contribution in [2.75, 3.05) is 4.72 Å². The Morgan fingerprint density at radius 3 is 2.71 bits per heavy atom. The van der Waals surface area contributed by atoms with Crippen molar-refractivity contribution in [2.45, 2.75) is 18.6 Å². The quantitative estimate of drug-likeness (QED) is 0.917. The van der Waals surface area contributed by atoms with E-state index in [9.17, 15) is 8.42 Å². The number of nitriles is 1. The third kappa shape index (κ3) is 3.60. The number of hydrogen-bond donors (Lipinski definition) is 1. The normalized spacial score (nSPS) is 12.8. The lowest BCUT2D eigenvalue weighted by atomic mass is 10.3. The zero-order chi connectivity index (χ0) is 13.1. The highest BCUT2D eigenvalue weighted by atomic mass is 79.9. The summed E-state index contributed by atoms with van der Waals surface area (Å²) in [7, 11) is -3.69. The highest BCUT2D eigenvalue weighted by Crippen LogP contribution is 2.26. The lowest BCUT2D eigenvalue weighted by Crippen LogP contribution is -2.25. The Balaban J connectivity index is 2.99. The van der Waals surface area contributed by atoms with Crippen molar-refractivity contribution in [3.05, 3.63) is 27.7 Å². The first-order valence-electron chi connectivity index (χ1n) is 4.77. The van der Waals surface area contributed by atoms with Crippen molar-refractivity contribution in [1.29, 1.82) is 5.26 Å². The van der Waals surface area contributed by atoms with E-state index in [0.29, 0.717) is 15.2 Å². The number of hydrogen-bond acceptors (Lipinski definition) is 3. The monoisotopic (exact) mass is 336 g/mol. The summed E-state index contributed by atoms with van der Waals surface area (Å²) >= 11 is 9.05. The third-order valence-electron chi connectivity index (χ3n) is 2.07. The van der Waals surface area contributed by atoms with Crippen LogP contribution in [0.2, 0.25) is 5.02 Å². The maximum absolute atomic E-state index is 11.8. The van der Waals surface area contributed by atoms with Gasteiger partial charge in [0.15, 0.2) is 5.25 Å². The third-order valence-corrected chi connectivity index (χ3v) is 5.01. The minimum absolute atomic E-state index is 0.232. The molecule has 0 aromatic heterocycles. The van der Waals surface area contributed by atoms with Gasteiger partial charge in [0, 0.05) is 4.47 Å². The molecular formula is C10H10BrClN2O2S. The highest BCUT2D eigenvalue weighted by molar-refractivity contribution is 9.10. The van der Waals surface area contributed by atoms with Crippen molar-refractivity contribution in [3.63, 3.8) is 0 Å². The Hall–Kier alpha value is -0.770. The number of halogens is 2. The van der Waals surface area contributed by atoms with Crippen molar-refractivity contribution in [3.8, 4) is 6.07 Å². The van der Waals surface area contributed by atoms with Crippen LogP contribution in [-0.2, 0) is 10.0 Å². The number of benzene rings is 1. The first kappa shape index (κ1) is 14.3. The molecule has 0 fully saturated rings. The second kappa shape index (κ2) is 5.71. The Labute approximate surface area is 114 Å². The zero-order valence-corrected chi connectivity index (χ0v) is 12.1. The van der Waals surface area contributed by atoms with Gasteiger partial charge in [0.1, 0.15) is 0 Å². The summed E-state index contributed by atoms with van der Waals surface area (Å²) in [5.74, 6) is 0. The van der Waals surface area contributed by atoms with Gasteiger partial charge in [0.05, 0.1) is 16.8 Å². The van der Waals surface area contributed by atoms with Crippen LogP contribution in [0.1, 0.15) is 13.3 Å². The van der Waals surface area contributed by atoms with Crippen LogP contribution in [0.4, 0.5) is 5.69 Å². The number of nitrogens with one attached hydrogen (secondary N) is 1. The van der Waals surface area contributed by atoms with E-state index in [1.807, 2.05) is 0 Å². The summed E-state index contributed by atoms with van der Waals surface area (Å²) < 4.78 is 26.5. The Morgan fingerprint density at radius 2 is 2.24 bits per heavy atom. The predicted molar refractivity (Wildman–Crippen MR) is 71.4 cm³/mol. The first-order chi connectivity index (χ1) is 7.90. The maximum Gasteiger partial charge on any atom is 0.249 e. The van der Waals surface area contributed by atoms with Crippen LogP contribution in [0, 0.1) is 11.3 Å². The summed E-state index contributed by atoms with van der Waals surface area (Å²) in [5.41, 5.74) is 0.340. The molecule has 4 nitrogen and oxygen atoms in total. The van der Waals surface area contributed by atoms with Gasteiger partial charge in [-0.2, -0.15) is 5.26 Å². The largest absolute Gasteiger partial charge is 0.282 e. The van der Waals surface area contributed by atoms with E-state index in [1.165, 1.54) is 6.07 Å². The topological polar surface area (TPSA) is 70.0 Å². The van der Waals surface area contributed by atoms with Gasteiger partial charge in [0.25, 0.3) is 0 Å². The second-order valence-electron chi connectivity index (χ2n) is 3.30. The first-order valence-corrected chi connectivity index (χ1v) is 7.48. The molecule has 1 atom stereocenters. The smallest absolute Gasteiger partial charge is 0.249 e. The van der Waals surface area contributed by atoms with Crippen LogP contribution >= 0.6 is 27.5 Å². The number of anilines is 1. The summed E-state index contributed by atoms with van der Waals surface area (Å²) in [6, 6.07) is 6.42. The fourth-order valence-corrected chi connectivity index (χ4v) is 2.78. The predicted octanol–water partition coefficient (Wildman–Crippen LogP) is 3.15. The van der Waals surface area contributed by atoms with Crippen LogP contribution in [0.15, 0.2) is 22.7 Å². The molecule has 1 N–H and O–H groups in total. The van der Waals surface area contributed by atoms with Crippen molar-refractivity contribution in [2.24, 2.45) is 0 Å². The van der Waals surface area contributed by atoms with E-state index < -0.39 is 15.3 Å². The standard InChI is InChI=1S/C10H10BrClN2O2S/c1-2-8(6-13)17(15,16)14-7-3-4-9(11)10(12)5-7/h3-5,8,14H,2H2,1H3. The van der Waals surface area contributed by atoms with Crippen molar-refractivity contribution >= 4 is 43.2 Å². The molecule has 92 valence electrons. The van der Waals surface area contributed by atoms with E-state index in [4.69, 9.17) is 16.9 Å². The SMILES string of the molecule is CCC(C#N)S(=O)(=O)Nc1ccc(Br)c(Cl)c1. The average molecular weight is 338 g/mol. The van der Waals surface area contributed by atoms with E-state index in [0.717, 1.165) is 0 Å². The number of sulfonamides is 1. The van der Waals surface area contributed by atoms with Gasteiger partial charge in [-0.1, -0.05) is 18.5 Å². The van der Waals surface area contributed by atoms with Crippen molar-refractivity contribution < 1.29 is 8.42 Å². The van der Waals surface area contributed by atoms with Crippen LogP contribution in [0.3, 0.4) is 0 Å². The molecule has 0 aliphatic heterocycles. The Kier molecular flexibility index (Phi) is 4.80. The van der Waals surface area contributed by atoms with Gasteiger partial charge < -0.3 is 0 Å². The van der Waals surface area contributed by atoms with Crippen LogP contribution in [0.25, 0.3) is 0 Å². The van der Waals surface area contributed by atoms with Crippen LogP contribution < -0.4 is 4.72 Å². The average Bonchev–Trinajstić information content (AvgIpc) is 2.24. The minimum Gasteiger partial charge on any atom is -0.282 e. The van der Waals surface area contributed by atoms with Gasteiger partial charge in [-0.15, -0.1) is 0 Å². The summed E-state index contributed by atoms with van der Waals surface area (Å²) in [6.07, 6.45) is 0.232. The second-order valence-corrected chi connectivity index (χ2v) is 6.43. The molecule has 0 heterocycles.